The molecule has 1 aliphatic heterocycles. The van der Waals surface area contributed by atoms with Crippen molar-refractivity contribution in [1.29, 1.82) is 0 Å². The number of anilines is 1. The third-order valence-corrected chi connectivity index (χ3v) is 4.14. The molecule has 1 atom stereocenters. The molecular weight excluding hydrogens is 324 g/mol. The van der Waals surface area contributed by atoms with Crippen LogP contribution in [-0.4, -0.2) is 33.4 Å². The molecule has 0 radical (unpaired) electrons. The van der Waals surface area contributed by atoms with Crippen molar-refractivity contribution in [2.75, 3.05) is 11.4 Å². The summed E-state index contributed by atoms with van der Waals surface area (Å²) < 4.78 is 5.37. The molecule has 1 aliphatic rings. The Morgan fingerprint density at radius 3 is 2.76 bits per heavy atom. The van der Waals surface area contributed by atoms with E-state index in [0.717, 1.165) is 12.8 Å². The van der Waals surface area contributed by atoms with Gasteiger partial charge in [0.1, 0.15) is 12.6 Å². The summed E-state index contributed by atoms with van der Waals surface area (Å²) in [6.07, 6.45) is 5.77. The topological polar surface area (TPSA) is 98.5 Å². The van der Waals surface area contributed by atoms with Crippen molar-refractivity contribution in [2.24, 2.45) is 0 Å². The number of esters is 1. The normalized spacial score (nSPS) is 17.1. The summed E-state index contributed by atoms with van der Waals surface area (Å²) in [5.41, 5.74) is 0.321. The average molecular weight is 342 g/mol. The van der Waals surface area contributed by atoms with E-state index in [1.54, 1.807) is 36.7 Å². The van der Waals surface area contributed by atoms with E-state index < -0.39 is 16.9 Å². The Morgan fingerprint density at radius 2 is 2.00 bits per heavy atom. The number of hydrogen-bond acceptors (Lipinski definition) is 7. The number of hydrogen-bond donors (Lipinski definition) is 0. The van der Waals surface area contributed by atoms with Crippen LogP contribution in [0.1, 0.15) is 24.8 Å². The molecule has 0 saturated carbocycles. The van der Waals surface area contributed by atoms with Crippen LogP contribution in [0.2, 0.25) is 0 Å². The van der Waals surface area contributed by atoms with Crippen molar-refractivity contribution in [2.45, 2.75) is 31.9 Å². The second-order valence-corrected chi connectivity index (χ2v) is 5.75. The molecule has 0 spiro atoms. The molecule has 1 aromatic heterocycles. The van der Waals surface area contributed by atoms with Gasteiger partial charge in [-0.15, -0.1) is 0 Å². The fourth-order valence-electron chi connectivity index (χ4n) is 2.91. The van der Waals surface area contributed by atoms with Gasteiger partial charge in [-0.3, -0.25) is 10.1 Å². The van der Waals surface area contributed by atoms with Gasteiger partial charge in [-0.1, -0.05) is 12.1 Å². The molecular formula is C17H18N4O4. The summed E-state index contributed by atoms with van der Waals surface area (Å²) >= 11 is 0. The number of nitro groups is 1. The van der Waals surface area contributed by atoms with Crippen LogP contribution in [0.25, 0.3) is 0 Å². The van der Waals surface area contributed by atoms with Gasteiger partial charge in [-0.05, 0) is 31.4 Å². The molecule has 2 heterocycles. The van der Waals surface area contributed by atoms with E-state index in [-0.39, 0.29) is 12.3 Å². The highest BCUT2D eigenvalue weighted by Crippen LogP contribution is 2.24. The van der Waals surface area contributed by atoms with Crippen LogP contribution in [-0.2, 0) is 16.1 Å². The van der Waals surface area contributed by atoms with Gasteiger partial charge in [0.2, 0.25) is 5.95 Å². The van der Waals surface area contributed by atoms with Gasteiger partial charge in [-0.25, -0.2) is 14.8 Å². The minimum atomic E-state index is -0.478. The highest BCUT2D eigenvalue weighted by atomic mass is 16.6. The molecule has 130 valence electrons. The Hall–Kier alpha value is -3.03. The number of carbonyl (C=O) groups excluding carboxylic acids is 1. The Labute approximate surface area is 144 Å². The summed E-state index contributed by atoms with van der Waals surface area (Å²) in [4.78, 5) is 33.4. The van der Waals surface area contributed by atoms with Gasteiger partial charge in [0, 0.05) is 25.0 Å². The van der Waals surface area contributed by atoms with E-state index in [0.29, 0.717) is 24.5 Å². The maximum atomic E-state index is 12.5. The zero-order chi connectivity index (χ0) is 17.6. The molecule has 8 nitrogen and oxygen atoms in total. The van der Waals surface area contributed by atoms with Crippen LogP contribution in [0.3, 0.4) is 0 Å². The van der Waals surface area contributed by atoms with Crippen LogP contribution < -0.4 is 4.90 Å². The van der Waals surface area contributed by atoms with Crippen molar-refractivity contribution < 1.29 is 14.5 Å². The summed E-state index contributed by atoms with van der Waals surface area (Å²) in [7, 11) is 0. The smallest absolute Gasteiger partial charge is 0.329 e. The number of nitrogens with zero attached hydrogens (tertiary/aromatic N) is 4. The lowest BCUT2D eigenvalue weighted by Crippen LogP contribution is -2.46. The maximum Gasteiger partial charge on any atom is 0.329 e. The predicted octanol–water partition coefficient (Wildman–Crippen LogP) is 2.49. The Morgan fingerprint density at radius 1 is 1.24 bits per heavy atom. The Bertz CT molecular complexity index is 753. The third kappa shape index (κ3) is 3.90. The minimum absolute atomic E-state index is 0.0535. The van der Waals surface area contributed by atoms with Crippen LogP contribution in [0.5, 0.6) is 0 Å². The summed E-state index contributed by atoms with van der Waals surface area (Å²) in [5.74, 6) is 0.0835. The van der Waals surface area contributed by atoms with E-state index >= 15 is 0 Å². The minimum Gasteiger partial charge on any atom is -0.459 e. The first kappa shape index (κ1) is 16.8. The summed E-state index contributed by atoms with van der Waals surface area (Å²) in [6.45, 7) is 0.547. The lowest BCUT2D eigenvalue weighted by atomic mass is 10.0. The fraction of sp³-hybridized carbons (Fsp3) is 0.353. The number of carbonyl (C=O) groups is 1. The number of ether oxygens (including phenoxy) is 1. The second kappa shape index (κ2) is 7.69. The number of aromatic nitrogens is 2. The monoisotopic (exact) mass is 342 g/mol. The molecule has 1 aromatic carbocycles. The molecule has 8 heteroatoms. The van der Waals surface area contributed by atoms with Crippen molar-refractivity contribution in [3.05, 3.63) is 58.4 Å². The molecule has 25 heavy (non-hydrogen) atoms. The first-order chi connectivity index (χ1) is 12.2. The number of rotatable bonds is 5. The van der Waals surface area contributed by atoms with E-state index in [1.807, 2.05) is 4.90 Å². The number of piperidine rings is 1. The highest BCUT2D eigenvalue weighted by Gasteiger charge is 2.32. The zero-order valence-electron chi connectivity index (χ0n) is 13.6. The summed E-state index contributed by atoms with van der Waals surface area (Å²) in [6, 6.07) is 7.49. The summed E-state index contributed by atoms with van der Waals surface area (Å²) in [5, 5.41) is 11.0. The van der Waals surface area contributed by atoms with Gasteiger partial charge < -0.3 is 9.64 Å². The van der Waals surface area contributed by atoms with Crippen LogP contribution in [0.4, 0.5) is 11.6 Å². The van der Waals surface area contributed by atoms with Crippen molar-refractivity contribution >= 4 is 17.6 Å². The van der Waals surface area contributed by atoms with Crippen molar-refractivity contribution in [1.82, 2.24) is 9.97 Å². The van der Waals surface area contributed by atoms with Crippen molar-refractivity contribution in [3.8, 4) is 0 Å². The van der Waals surface area contributed by atoms with E-state index in [9.17, 15) is 14.9 Å². The maximum absolute atomic E-state index is 12.5. The van der Waals surface area contributed by atoms with Gasteiger partial charge in [0.15, 0.2) is 0 Å². The average Bonchev–Trinajstić information content (AvgIpc) is 2.67. The van der Waals surface area contributed by atoms with Gasteiger partial charge >= 0.3 is 5.97 Å². The molecule has 0 N–H and O–H groups in total. The highest BCUT2D eigenvalue weighted by molar-refractivity contribution is 5.79. The third-order valence-electron chi connectivity index (χ3n) is 4.14. The molecule has 2 aromatic rings. The van der Waals surface area contributed by atoms with Crippen molar-refractivity contribution in [3.63, 3.8) is 0 Å². The predicted molar refractivity (Wildman–Crippen MR) is 89.9 cm³/mol. The van der Waals surface area contributed by atoms with Gasteiger partial charge in [0.05, 0.1) is 10.5 Å². The molecule has 1 fully saturated rings. The van der Waals surface area contributed by atoms with Crippen LogP contribution >= 0.6 is 0 Å². The molecule has 1 saturated heterocycles. The molecule has 0 bridgehead atoms. The van der Waals surface area contributed by atoms with E-state index in [2.05, 4.69) is 9.97 Å². The molecule has 3 rings (SSSR count). The first-order valence-electron chi connectivity index (χ1n) is 8.09. The number of benzene rings is 1. The Balaban J connectivity index is 1.70. The quantitative estimate of drug-likeness (QED) is 0.467. The fourth-order valence-corrected chi connectivity index (χ4v) is 2.91. The number of para-hydroxylation sites is 1. The largest absolute Gasteiger partial charge is 0.459 e. The molecule has 0 aliphatic carbocycles. The molecule has 1 unspecified atom stereocenters. The van der Waals surface area contributed by atoms with E-state index in [1.165, 1.54) is 6.07 Å². The van der Waals surface area contributed by atoms with Crippen LogP contribution in [0.15, 0.2) is 42.7 Å². The Kier molecular flexibility index (Phi) is 5.17. The lowest BCUT2D eigenvalue weighted by molar-refractivity contribution is -0.385. The standard InChI is InChI=1S/C17H18N4O4/c22-16(25-12-13-6-1-2-7-14(13)21(23)24)15-8-3-4-11-20(15)17-18-9-5-10-19-17/h1-2,5-7,9-10,15H,3-4,8,11-12H2. The van der Waals surface area contributed by atoms with Crippen LogP contribution in [0, 0.1) is 10.1 Å². The zero-order valence-corrected chi connectivity index (χ0v) is 13.6. The first-order valence-corrected chi connectivity index (χ1v) is 8.09. The SMILES string of the molecule is O=C(OCc1ccccc1[N+](=O)[O-])C1CCCCN1c1ncccn1. The van der Waals surface area contributed by atoms with Gasteiger partial charge in [0.25, 0.3) is 5.69 Å². The lowest BCUT2D eigenvalue weighted by Gasteiger charge is -2.33. The van der Waals surface area contributed by atoms with E-state index in [4.69, 9.17) is 4.74 Å². The van der Waals surface area contributed by atoms with Gasteiger partial charge in [-0.2, -0.15) is 0 Å². The molecule has 0 amide bonds. The second-order valence-electron chi connectivity index (χ2n) is 5.75. The number of nitro benzene ring substituents is 1.